The van der Waals surface area contributed by atoms with E-state index < -0.39 is 16.7 Å². The van der Waals surface area contributed by atoms with E-state index in [4.69, 9.17) is 0 Å². The number of hydrogen-bond donors (Lipinski definition) is 1. The first-order valence-electron chi connectivity index (χ1n) is 7.32. The number of nitrogens with zero attached hydrogens (tertiary/aromatic N) is 2. The molecule has 1 heterocycles. The Morgan fingerprint density at radius 3 is 2.40 bits per heavy atom. The minimum Gasteiger partial charge on any atom is -0.322 e. The van der Waals surface area contributed by atoms with E-state index in [0.29, 0.717) is 11.3 Å². The van der Waals surface area contributed by atoms with Crippen molar-refractivity contribution in [3.8, 4) is 0 Å². The fraction of sp³-hybridized carbons (Fsp3) is 0.118. The van der Waals surface area contributed by atoms with Crippen molar-refractivity contribution >= 4 is 29.1 Å². The lowest BCUT2D eigenvalue weighted by Gasteiger charge is -2.07. The molecule has 2 aromatic carbocycles. The maximum Gasteiger partial charge on any atom is 0.272 e. The highest BCUT2D eigenvalue weighted by Crippen LogP contribution is 2.25. The molecule has 8 heteroatoms. The summed E-state index contributed by atoms with van der Waals surface area (Å²) in [6.45, 7) is 1.55. The van der Waals surface area contributed by atoms with Gasteiger partial charge in [0.15, 0.2) is 0 Å². The summed E-state index contributed by atoms with van der Waals surface area (Å²) in [5.41, 5.74) is 1.43. The van der Waals surface area contributed by atoms with Gasteiger partial charge in [-0.15, -0.1) is 0 Å². The molecule has 1 aliphatic rings. The number of nitro benzene ring substituents is 1. The molecule has 25 heavy (non-hydrogen) atoms. The van der Waals surface area contributed by atoms with Crippen LogP contribution in [0.2, 0.25) is 0 Å². The monoisotopic (exact) mass is 339 g/mol. The highest BCUT2D eigenvalue weighted by molar-refractivity contribution is 6.21. The molecule has 1 N–H and O–H groups in total. The summed E-state index contributed by atoms with van der Waals surface area (Å²) in [5, 5.41) is 13.5. The van der Waals surface area contributed by atoms with Crippen LogP contribution in [-0.2, 0) is 0 Å². The maximum absolute atomic E-state index is 12.3. The molecule has 3 rings (SSSR count). The summed E-state index contributed by atoms with van der Waals surface area (Å²) >= 11 is 0. The van der Waals surface area contributed by atoms with Crippen LogP contribution in [0.25, 0.3) is 0 Å². The molecule has 0 atom stereocenters. The van der Waals surface area contributed by atoms with Crippen molar-refractivity contribution in [2.75, 3.05) is 12.4 Å². The quantitative estimate of drug-likeness (QED) is 0.524. The van der Waals surface area contributed by atoms with Gasteiger partial charge in [-0.05, 0) is 37.3 Å². The molecule has 0 unspecified atom stereocenters. The largest absolute Gasteiger partial charge is 0.322 e. The molecule has 0 radical (unpaired) electrons. The summed E-state index contributed by atoms with van der Waals surface area (Å²) in [6, 6.07) is 8.49. The first kappa shape index (κ1) is 16.3. The number of imide groups is 1. The standard InChI is InChI=1S/C17H13N3O5/c1-9-7-10(3-6-14(9)20(24)25)15(21)18-11-4-5-12-13(8-11)17(23)19(2)16(12)22/h3-8H,1-2H3,(H,18,21). The van der Waals surface area contributed by atoms with E-state index in [-0.39, 0.29) is 28.3 Å². The number of anilines is 1. The molecule has 126 valence electrons. The van der Waals surface area contributed by atoms with Crippen molar-refractivity contribution in [1.29, 1.82) is 0 Å². The number of benzene rings is 2. The minimum absolute atomic E-state index is 0.0683. The highest BCUT2D eigenvalue weighted by atomic mass is 16.6. The fourth-order valence-corrected chi connectivity index (χ4v) is 2.64. The Labute approximate surface area is 142 Å². The van der Waals surface area contributed by atoms with Crippen LogP contribution < -0.4 is 5.32 Å². The van der Waals surface area contributed by atoms with Gasteiger partial charge in [0.25, 0.3) is 23.4 Å². The minimum atomic E-state index is -0.517. The number of carbonyl (C=O) groups is 3. The molecule has 0 fully saturated rings. The Bertz CT molecular complexity index is 951. The predicted molar refractivity (Wildman–Crippen MR) is 88.7 cm³/mol. The van der Waals surface area contributed by atoms with Crippen LogP contribution in [0.3, 0.4) is 0 Å². The van der Waals surface area contributed by atoms with Gasteiger partial charge >= 0.3 is 0 Å². The highest BCUT2D eigenvalue weighted by Gasteiger charge is 2.32. The number of nitro groups is 1. The van der Waals surface area contributed by atoms with Gasteiger partial charge in [0.2, 0.25) is 0 Å². The van der Waals surface area contributed by atoms with Crippen molar-refractivity contribution in [1.82, 2.24) is 4.90 Å². The number of hydrogen-bond acceptors (Lipinski definition) is 5. The lowest BCUT2D eigenvalue weighted by molar-refractivity contribution is -0.385. The summed E-state index contributed by atoms with van der Waals surface area (Å²) in [7, 11) is 1.39. The molecule has 0 saturated carbocycles. The number of carbonyl (C=O) groups excluding carboxylic acids is 3. The molecular formula is C17H13N3O5. The number of amides is 3. The molecule has 0 bridgehead atoms. The Hall–Kier alpha value is -3.55. The summed E-state index contributed by atoms with van der Waals surface area (Å²) < 4.78 is 0. The number of nitrogens with one attached hydrogen (secondary N) is 1. The van der Waals surface area contributed by atoms with Crippen LogP contribution in [-0.4, -0.2) is 34.6 Å². The van der Waals surface area contributed by atoms with Crippen LogP contribution in [0, 0.1) is 17.0 Å². The third kappa shape index (κ3) is 2.74. The lowest BCUT2D eigenvalue weighted by Crippen LogP contribution is -2.24. The van der Waals surface area contributed by atoms with Gasteiger partial charge in [-0.3, -0.25) is 29.4 Å². The Kier molecular flexibility index (Phi) is 3.80. The smallest absolute Gasteiger partial charge is 0.272 e. The molecule has 8 nitrogen and oxygen atoms in total. The van der Waals surface area contributed by atoms with Crippen LogP contribution >= 0.6 is 0 Å². The van der Waals surface area contributed by atoms with Gasteiger partial charge in [-0.25, -0.2) is 0 Å². The van der Waals surface area contributed by atoms with Crippen molar-refractivity contribution in [3.05, 3.63) is 68.8 Å². The van der Waals surface area contributed by atoms with Crippen LogP contribution in [0.15, 0.2) is 36.4 Å². The molecule has 0 aromatic heterocycles. The summed E-state index contributed by atoms with van der Waals surface area (Å²) in [6.07, 6.45) is 0. The van der Waals surface area contributed by atoms with E-state index in [1.807, 2.05) is 0 Å². The van der Waals surface area contributed by atoms with E-state index in [9.17, 15) is 24.5 Å². The maximum atomic E-state index is 12.3. The third-order valence-electron chi connectivity index (χ3n) is 4.00. The van der Waals surface area contributed by atoms with E-state index in [1.165, 1.54) is 43.4 Å². The zero-order valence-corrected chi connectivity index (χ0v) is 13.4. The van der Waals surface area contributed by atoms with Crippen molar-refractivity contribution in [3.63, 3.8) is 0 Å². The Morgan fingerprint density at radius 1 is 1.08 bits per heavy atom. The lowest BCUT2D eigenvalue weighted by atomic mass is 10.1. The van der Waals surface area contributed by atoms with Crippen molar-refractivity contribution in [2.24, 2.45) is 0 Å². The number of aryl methyl sites for hydroxylation is 1. The summed E-state index contributed by atoms with van der Waals surface area (Å²) in [5.74, 6) is -1.28. The summed E-state index contributed by atoms with van der Waals surface area (Å²) in [4.78, 5) is 47.5. The Morgan fingerprint density at radius 2 is 1.76 bits per heavy atom. The molecule has 0 saturated heterocycles. The van der Waals surface area contributed by atoms with Gasteiger partial charge in [0.05, 0.1) is 16.1 Å². The molecule has 0 spiro atoms. The average Bonchev–Trinajstić information content (AvgIpc) is 2.78. The SMILES string of the molecule is Cc1cc(C(=O)Nc2ccc3c(c2)C(=O)N(C)C3=O)ccc1[N+](=O)[O-]. The molecule has 2 aromatic rings. The Balaban J connectivity index is 1.85. The van der Waals surface area contributed by atoms with E-state index in [0.717, 1.165) is 4.90 Å². The van der Waals surface area contributed by atoms with E-state index in [2.05, 4.69) is 5.32 Å². The second-order valence-corrected chi connectivity index (χ2v) is 5.64. The number of rotatable bonds is 3. The zero-order chi connectivity index (χ0) is 18.3. The van der Waals surface area contributed by atoms with Crippen LogP contribution in [0.5, 0.6) is 0 Å². The zero-order valence-electron chi connectivity index (χ0n) is 13.4. The van der Waals surface area contributed by atoms with Crippen molar-refractivity contribution < 1.29 is 19.3 Å². The molecule has 3 amide bonds. The molecular weight excluding hydrogens is 326 g/mol. The van der Waals surface area contributed by atoms with Gasteiger partial charge in [0.1, 0.15) is 0 Å². The van der Waals surface area contributed by atoms with Gasteiger partial charge in [-0.1, -0.05) is 0 Å². The van der Waals surface area contributed by atoms with Gasteiger partial charge in [-0.2, -0.15) is 0 Å². The van der Waals surface area contributed by atoms with Gasteiger partial charge in [0, 0.05) is 29.9 Å². The number of fused-ring (bicyclic) bond motifs is 1. The van der Waals surface area contributed by atoms with Gasteiger partial charge < -0.3 is 5.32 Å². The second-order valence-electron chi connectivity index (χ2n) is 5.64. The molecule has 0 aliphatic carbocycles. The topological polar surface area (TPSA) is 110 Å². The second kappa shape index (κ2) is 5.82. The average molecular weight is 339 g/mol. The predicted octanol–water partition coefficient (Wildman–Crippen LogP) is 2.38. The third-order valence-corrected chi connectivity index (χ3v) is 4.00. The van der Waals surface area contributed by atoms with E-state index >= 15 is 0 Å². The van der Waals surface area contributed by atoms with Crippen molar-refractivity contribution in [2.45, 2.75) is 6.92 Å². The van der Waals surface area contributed by atoms with Crippen LogP contribution in [0.1, 0.15) is 36.6 Å². The normalized spacial score (nSPS) is 13.0. The van der Waals surface area contributed by atoms with Crippen LogP contribution in [0.4, 0.5) is 11.4 Å². The molecule has 1 aliphatic heterocycles. The van der Waals surface area contributed by atoms with E-state index in [1.54, 1.807) is 6.92 Å². The fourth-order valence-electron chi connectivity index (χ4n) is 2.64. The first-order valence-corrected chi connectivity index (χ1v) is 7.32. The first-order chi connectivity index (χ1) is 11.8.